The molecule has 0 saturated heterocycles. The lowest BCUT2D eigenvalue weighted by molar-refractivity contribution is 0.142. The van der Waals surface area contributed by atoms with Crippen molar-refractivity contribution >= 4 is 12.6 Å². The SMILES string of the molecule is COC([C]=O)CCCCCC[C]=O. The van der Waals surface area contributed by atoms with Gasteiger partial charge in [-0.05, 0) is 12.8 Å². The molecule has 0 aromatic rings. The fourth-order valence-electron chi connectivity index (χ4n) is 1.11. The Labute approximate surface area is 79.5 Å². The highest BCUT2D eigenvalue weighted by molar-refractivity contribution is 5.56. The van der Waals surface area contributed by atoms with Crippen LogP contribution < -0.4 is 0 Å². The number of hydrogen-bond acceptors (Lipinski definition) is 3. The lowest BCUT2D eigenvalue weighted by Gasteiger charge is -2.05. The minimum atomic E-state index is -0.377. The summed E-state index contributed by atoms with van der Waals surface area (Å²) in [5.41, 5.74) is 0. The molecule has 0 aliphatic heterocycles. The monoisotopic (exact) mass is 184 g/mol. The summed E-state index contributed by atoms with van der Waals surface area (Å²) < 4.78 is 4.84. The molecule has 13 heavy (non-hydrogen) atoms. The zero-order chi connectivity index (χ0) is 9.94. The molecule has 0 N–H and O–H groups in total. The van der Waals surface area contributed by atoms with Gasteiger partial charge in [-0.1, -0.05) is 19.3 Å². The van der Waals surface area contributed by atoms with Crippen LogP contribution in [0.3, 0.4) is 0 Å². The summed E-state index contributed by atoms with van der Waals surface area (Å²) in [4.78, 5) is 20.0. The Morgan fingerprint density at radius 2 is 1.85 bits per heavy atom. The largest absolute Gasteiger partial charge is 0.373 e. The van der Waals surface area contributed by atoms with Gasteiger partial charge in [-0.3, -0.25) is 9.59 Å². The van der Waals surface area contributed by atoms with Gasteiger partial charge < -0.3 is 4.74 Å². The van der Waals surface area contributed by atoms with E-state index in [1.165, 1.54) is 7.11 Å². The molecule has 0 fully saturated rings. The summed E-state index contributed by atoms with van der Waals surface area (Å²) in [7, 11) is 1.51. The van der Waals surface area contributed by atoms with E-state index in [2.05, 4.69) is 0 Å². The molecule has 2 radical (unpaired) electrons. The van der Waals surface area contributed by atoms with Crippen molar-refractivity contribution in [3.63, 3.8) is 0 Å². The third kappa shape index (κ3) is 7.65. The summed E-state index contributed by atoms with van der Waals surface area (Å²) in [5.74, 6) is 0. The first-order valence-corrected chi connectivity index (χ1v) is 4.60. The average molecular weight is 184 g/mol. The van der Waals surface area contributed by atoms with Gasteiger partial charge in [-0.25, -0.2) is 0 Å². The fourth-order valence-corrected chi connectivity index (χ4v) is 1.11. The standard InChI is InChI=1S/C10H16O3/c1-13-10(9-12)7-5-3-2-4-6-8-11/h10H,2-7H2,1H3. The van der Waals surface area contributed by atoms with Gasteiger partial charge in [-0.15, -0.1) is 0 Å². The van der Waals surface area contributed by atoms with Crippen LogP contribution >= 0.6 is 0 Å². The molecule has 0 aliphatic rings. The molecule has 74 valence electrons. The molecule has 3 nitrogen and oxygen atoms in total. The average Bonchev–Trinajstić information content (AvgIpc) is 2.17. The Bertz CT molecular complexity index is 134. The van der Waals surface area contributed by atoms with E-state index in [4.69, 9.17) is 4.74 Å². The van der Waals surface area contributed by atoms with Crippen LogP contribution in [-0.2, 0) is 14.3 Å². The van der Waals surface area contributed by atoms with Gasteiger partial charge in [0.05, 0.1) is 0 Å². The maximum Gasteiger partial charge on any atom is 0.229 e. The predicted octanol–water partition coefficient (Wildman–Crippen LogP) is 1.56. The van der Waals surface area contributed by atoms with Crippen molar-refractivity contribution in [1.29, 1.82) is 0 Å². The highest BCUT2D eigenvalue weighted by Crippen LogP contribution is 2.07. The van der Waals surface area contributed by atoms with E-state index in [9.17, 15) is 9.59 Å². The van der Waals surface area contributed by atoms with Crippen molar-refractivity contribution in [3.8, 4) is 0 Å². The molecule has 0 aromatic carbocycles. The second kappa shape index (κ2) is 9.39. The van der Waals surface area contributed by atoms with Crippen molar-refractivity contribution in [3.05, 3.63) is 0 Å². The van der Waals surface area contributed by atoms with Gasteiger partial charge in [0, 0.05) is 13.5 Å². The molecule has 0 bridgehead atoms. The van der Waals surface area contributed by atoms with E-state index in [0.29, 0.717) is 6.42 Å². The second-order valence-corrected chi connectivity index (χ2v) is 2.94. The number of rotatable bonds is 9. The van der Waals surface area contributed by atoms with E-state index in [1.807, 2.05) is 12.6 Å². The molecule has 0 amide bonds. The van der Waals surface area contributed by atoms with Crippen LogP contribution in [0, 0.1) is 0 Å². The van der Waals surface area contributed by atoms with Gasteiger partial charge in [-0.2, -0.15) is 0 Å². The maximum atomic E-state index is 10.2. The number of methoxy groups -OCH3 is 1. The molecular weight excluding hydrogens is 168 g/mol. The third-order valence-corrected chi connectivity index (χ3v) is 1.91. The molecule has 0 rings (SSSR count). The van der Waals surface area contributed by atoms with Crippen molar-refractivity contribution < 1.29 is 14.3 Å². The number of ether oxygens (including phenoxy) is 1. The van der Waals surface area contributed by atoms with E-state index in [1.54, 1.807) is 0 Å². The van der Waals surface area contributed by atoms with Crippen LogP contribution in [0.1, 0.15) is 38.5 Å². The van der Waals surface area contributed by atoms with E-state index in [-0.39, 0.29) is 6.10 Å². The van der Waals surface area contributed by atoms with Gasteiger partial charge >= 0.3 is 0 Å². The van der Waals surface area contributed by atoms with Crippen LogP contribution in [0.25, 0.3) is 0 Å². The smallest absolute Gasteiger partial charge is 0.229 e. The predicted molar refractivity (Wildman–Crippen MR) is 49.9 cm³/mol. The molecule has 3 heteroatoms. The first kappa shape index (κ1) is 12.3. The number of hydrogen-bond donors (Lipinski definition) is 0. The van der Waals surface area contributed by atoms with Crippen LogP contribution in [0.5, 0.6) is 0 Å². The normalized spacial score (nSPS) is 12.4. The Hall–Kier alpha value is -0.700. The minimum absolute atomic E-state index is 0.377. The van der Waals surface area contributed by atoms with Gasteiger partial charge in [0.1, 0.15) is 6.10 Å². The topological polar surface area (TPSA) is 43.4 Å². The van der Waals surface area contributed by atoms with Crippen molar-refractivity contribution in [2.24, 2.45) is 0 Å². The van der Waals surface area contributed by atoms with E-state index in [0.717, 1.165) is 32.1 Å². The van der Waals surface area contributed by atoms with Crippen molar-refractivity contribution in [2.75, 3.05) is 7.11 Å². The summed E-state index contributed by atoms with van der Waals surface area (Å²) in [6.45, 7) is 0. The lowest BCUT2D eigenvalue weighted by atomic mass is 10.1. The molecule has 0 aromatic heterocycles. The minimum Gasteiger partial charge on any atom is -0.373 e. The Balaban J connectivity index is 3.14. The summed E-state index contributed by atoms with van der Waals surface area (Å²) >= 11 is 0. The Morgan fingerprint density at radius 3 is 2.38 bits per heavy atom. The molecule has 0 spiro atoms. The van der Waals surface area contributed by atoms with Gasteiger partial charge in [0.15, 0.2) is 6.29 Å². The molecule has 0 aliphatic carbocycles. The first-order chi connectivity index (χ1) is 6.35. The van der Waals surface area contributed by atoms with E-state index < -0.39 is 0 Å². The first-order valence-electron chi connectivity index (χ1n) is 4.60. The summed E-state index contributed by atoms with van der Waals surface area (Å²) in [6.07, 6.45) is 8.44. The number of carbonyl (C=O) groups excluding carboxylic acids is 2. The molecular formula is C10H16O3. The fraction of sp³-hybridized carbons (Fsp3) is 0.800. The zero-order valence-corrected chi connectivity index (χ0v) is 8.04. The molecule has 0 saturated carbocycles. The third-order valence-electron chi connectivity index (χ3n) is 1.91. The second-order valence-electron chi connectivity index (χ2n) is 2.94. The highest BCUT2D eigenvalue weighted by Gasteiger charge is 2.04. The zero-order valence-electron chi connectivity index (χ0n) is 8.04. The Morgan fingerprint density at radius 1 is 1.15 bits per heavy atom. The summed E-state index contributed by atoms with van der Waals surface area (Å²) in [6, 6.07) is 0. The van der Waals surface area contributed by atoms with E-state index >= 15 is 0 Å². The van der Waals surface area contributed by atoms with Crippen LogP contribution in [-0.4, -0.2) is 25.8 Å². The van der Waals surface area contributed by atoms with Crippen LogP contribution in [0.15, 0.2) is 0 Å². The van der Waals surface area contributed by atoms with Crippen LogP contribution in [0.2, 0.25) is 0 Å². The highest BCUT2D eigenvalue weighted by atomic mass is 16.5. The lowest BCUT2D eigenvalue weighted by Crippen LogP contribution is -2.11. The molecule has 1 atom stereocenters. The molecule has 0 heterocycles. The quantitative estimate of drug-likeness (QED) is 0.511. The Kier molecular flexibility index (Phi) is 8.88. The van der Waals surface area contributed by atoms with Gasteiger partial charge in [0.25, 0.3) is 0 Å². The molecule has 1 unspecified atom stereocenters. The van der Waals surface area contributed by atoms with Crippen molar-refractivity contribution in [2.45, 2.75) is 44.6 Å². The van der Waals surface area contributed by atoms with Gasteiger partial charge in [0.2, 0.25) is 6.29 Å². The maximum absolute atomic E-state index is 10.2. The van der Waals surface area contributed by atoms with Crippen molar-refractivity contribution in [1.82, 2.24) is 0 Å². The van der Waals surface area contributed by atoms with Crippen LogP contribution in [0.4, 0.5) is 0 Å². The number of unbranched alkanes of at least 4 members (excludes halogenated alkanes) is 4. The summed E-state index contributed by atoms with van der Waals surface area (Å²) in [5, 5.41) is 0.